The Morgan fingerprint density at radius 2 is 1.79 bits per heavy atom. The molecule has 3 aromatic rings. The molecule has 3 N–H and O–H groups in total. The average molecular weight is 422 g/mol. The molecule has 0 unspecified atom stereocenters. The van der Waals surface area contributed by atoms with Crippen molar-refractivity contribution in [2.45, 2.75) is 0 Å². The van der Waals surface area contributed by atoms with Gasteiger partial charge in [0, 0.05) is 11.3 Å². The predicted octanol–water partition coefficient (Wildman–Crippen LogP) is 4.90. The zero-order chi connectivity index (χ0) is 20.4. The summed E-state index contributed by atoms with van der Waals surface area (Å²) in [6.07, 6.45) is 4.85. The van der Waals surface area contributed by atoms with Crippen LogP contribution in [0.1, 0.15) is 16.0 Å². The molecule has 0 spiro atoms. The molecule has 2 aromatic carbocycles. The Hall–Kier alpha value is -3.49. The largest absolute Gasteiger partial charge is 0.492 e. The summed E-state index contributed by atoms with van der Waals surface area (Å²) >= 11 is 6.36. The van der Waals surface area contributed by atoms with Crippen LogP contribution < -0.4 is 10.7 Å². The molecule has 29 heavy (non-hydrogen) atoms. The number of nitrogens with one attached hydrogen (secondary N) is 2. The van der Waals surface area contributed by atoms with Gasteiger partial charge in [-0.15, -0.1) is 0 Å². The maximum absolute atomic E-state index is 12.4. The fraction of sp³-hybridized carbons (Fsp3) is 0. The minimum absolute atomic E-state index is 0.163. The van der Waals surface area contributed by atoms with Crippen LogP contribution in [0.15, 0.2) is 60.7 Å². The summed E-state index contributed by atoms with van der Waals surface area (Å²) in [5.41, 5.74) is 5.26. The van der Waals surface area contributed by atoms with Gasteiger partial charge in [0.25, 0.3) is 0 Å². The number of benzene rings is 2. The number of nitrogens with zero attached hydrogens (tertiary/aromatic N) is 1. The molecule has 144 valence electrons. The fourth-order valence-electron chi connectivity index (χ4n) is 2.91. The van der Waals surface area contributed by atoms with E-state index in [9.17, 15) is 14.7 Å². The first-order valence-electron chi connectivity index (χ1n) is 8.64. The molecule has 1 aliphatic carbocycles. The number of allylic oxidation sites excluding steroid dienone is 2. The van der Waals surface area contributed by atoms with Gasteiger partial charge in [-0.1, -0.05) is 59.9 Å². The molecule has 0 atom stereocenters. The van der Waals surface area contributed by atoms with Crippen molar-refractivity contribution >= 4 is 58.8 Å². The first-order valence-corrected chi connectivity index (χ1v) is 9.87. The number of ketones is 1. The van der Waals surface area contributed by atoms with Crippen molar-refractivity contribution in [3.05, 3.63) is 80.6 Å². The number of hydrogen-bond acceptors (Lipinski definition) is 5. The lowest BCUT2D eigenvalue weighted by atomic mass is 9.91. The molecule has 0 bridgehead atoms. The zero-order valence-electron chi connectivity index (χ0n) is 15.0. The Bertz CT molecular complexity index is 1220. The number of carbonyl (C=O) groups excluding carboxylic acids is 2. The second kappa shape index (κ2) is 7.86. The van der Waals surface area contributed by atoms with E-state index in [1.54, 1.807) is 36.4 Å². The van der Waals surface area contributed by atoms with Crippen molar-refractivity contribution in [1.82, 2.24) is 4.68 Å². The van der Waals surface area contributed by atoms with Crippen LogP contribution in [0.5, 0.6) is 5.88 Å². The number of hydrogen-bond donors (Lipinski definition) is 3. The number of aromatic nitrogens is 1. The van der Waals surface area contributed by atoms with Gasteiger partial charge >= 0.3 is 6.03 Å². The summed E-state index contributed by atoms with van der Waals surface area (Å²) in [5.74, 6) is -0.403. The number of para-hydroxylation sites is 1. The number of rotatable bonds is 3. The smallest absolute Gasteiger partial charge is 0.338 e. The molecule has 1 aliphatic rings. The van der Waals surface area contributed by atoms with Gasteiger partial charge in [0.1, 0.15) is 0 Å². The Kier molecular flexibility index (Phi) is 5.11. The van der Waals surface area contributed by atoms with Crippen LogP contribution in [0.3, 0.4) is 0 Å². The molecule has 0 saturated heterocycles. The van der Waals surface area contributed by atoms with Gasteiger partial charge in [0.15, 0.2) is 9.74 Å². The monoisotopic (exact) mass is 421 g/mol. The first kappa shape index (κ1) is 18.9. The molecule has 0 radical (unpaired) electrons. The van der Waals surface area contributed by atoms with Crippen LogP contribution >= 0.6 is 23.6 Å². The molecule has 0 fully saturated rings. The summed E-state index contributed by atoms with van der Waals surface area (Å²) in [6, 6.07) is 15.8. The zero-order valence-corrected chi connectivity index (χ0v) is 16.6. The Morgan fingerprint density at radius 1 is 1.07 bits per heavy atom. The quantitative estimate of drug-likeness (QED) is 0.415. The highest BCUT2D eigenvalue weighted by Gasteiger charge is 2.19. The number of urea groups is 1. The minimum atomic E-state index is -0.554. The van der Waals surface area contributed by atoms with Crippen LogP contribution in [0, 0.1) is 3.95 Å². The van der Waals surface area contributed by atoms with E-state index in [0.29, 0.717) is 16.1 Å². The van der Waals surface area contributed by atoms with E-state index < -0.39 is 6.03 Å². The Balaban J connectivity index is 1.63. The summed E-state index contributed by atoms with van der Waals surface area (Å²) in [4.78, 5) is 25.0. The normalized spacial score (nSPS) is 13.9. The molecule has 1 aromatic heterocycles. The number of anilines is 1. The third-order valence-corrected chi connectivity index (χ3v) is 5.57. The van der Waals surface area contributed by atoms with Gasteiger partial charge in [0.05, 0.1) is 4.88 Å². The molecule has 8 heteroatoms. The fourth-order valence-corrected chi connectivity index (χ4v) is 4.08. The van der Waals surface area contributed by atoms with Crippen LogP contribution in [0.2, 0.25) is 0 Å². The van der Waals surface area contributed by atoms with E-state index >= 15 is 0 Å². The third-order valence-electron chi connectivity index (χ3n) is 4.26. The molecule has 4 rings (SSSR count). The second-order valence-electron chi connectivity index (χ2n) is 6.17. The van der Waals surface area contributed by atoms with E-state index in [2.05, 4.69) is 10.7 Å². The highest BCUT2D eigenvalue weighted by atomic mass is 32.1. The third kappa shape index (κ3) is 3.89. The number of aromatic hydroxyl groups is 1. The molecule has 0 aliphatic heterocycles. The Labute approximate surface area is 175 Å². The lowest BCUT2D eigenvalue weighted by Gasteiger charge is -2.12. The second-order valence-corrected chi connectivity index (χ2v) is 7.84. The van der Waals surface area contributed by atoms with Crippen LogP contribution in [-0.4, -0.2) is 21.6 Å². The average Bonchev–Trinajstić information content (AvgIpc) is 2.98. The molecule has 6 nitrogen and oxygen atoms in total. The van der Waals surface area contributed by atoms with E-state index in [1.807, 2.05) is 30.3 Å². The van der Waals surface area contributed by atoms with E-state index in [-0.39, 0.29) is 15.6 Å². The topological polar surface area (TPSA) is 83.4 Å². The summed E-state index contributed by atoms with van der Waals surface area (Å²) in [7, 11) is 0. The highest BCUT2D eigenvalue weighted by Crippen LogP contribution is 2.33. The van der Waals surface area contributed by atoms with E-state index in [4.69, 9.17) is 12.2 Å². The standard InChI is InChI=1S/C21H15N3O3S2/c25-17-11-10-13-6-4-5-9-15(13)16(17)12-18-19(26)24(21(28)29-18)23-20(27)22-14-7-2-1-3-8-14/h1-12,26H,(H2,22,23,27)/b16-12-. The van der Waals surface area contributed by atoms with Crippen molar-refractivity contribution in [2.24, 2.45) is 0 Å². The van der Waals surface area contributed by atoms with Crippen molar-refractivity contribution in [1.29, 1.82) is 0 Å². The summed E-state index contributed by atoms with van der Waals surface area (Å²) in [5, 5.41) is 13.2. The van der Waals surface area contributed by atoms with E-state index in [1.165, 1.54) is 6.08 Å². The predicted molar refractivity (Wildman–Crippen MR) is 118 cm³/mol. The van der Waals surface area contributed by atoms with Gasteiger partial charge in [-0.25, -0.2) is 10.2 Å². The maximum Gasteiger partial charge on any atom is 0.338 e. The molecule has 2 amide bonds. The van der Waals surface area contributed by atoms with Gasteiger partial charge in [-0.3, -0.25) is 4.79 Å². The number of amides is 2. The van der Waals surface area contributed by atoms with Gasteiger partial charge in [-0.2, -0.15) is 4.68 Å². The lowest BCUT2D eigenvalue weighted by molar-refractivity contribution is -0.109. The number of fused-ring (bicyclic) bond motifs is 1. The van der Waals surface area contributed by atoms with E-state index in [0.717, 1.165) is 27.1 Å². The van der Waals surface area contributed by atoms with Gasteiger partial charge in [0.2, 0.25) is 5.88 Å². The summed E-state index contributed by atoms with van der Waals surface area (Å²) < 4.78 is 1.35. The molecular weight excluding hydrogens is 406 g/mol. The Morgan fingerprint density at radius 3 is 2.59 bits per heavy atom. The lowest BCUT2D eigenvalue weighted by Crippen LogP contribution is -2.27. The van der Waals surface area contributed by atoms with Crippen molar-refractivity contribution in [2.75, 3.05) is 10.7 Å². The minimum Gasteiger partial charge on any atom is -0.492 e. The van der Waals surface area contributed by atoms with Crippen molar-refractivity contribution in [3.8, 4) is 5.88 Å². The highest BCUT2D eigenvalue weighted by molar-refractivity contribution is 7.73. The molecule has 1 heterocycles. The first-order chi connectivity index (χ1) is 14.0. The van der Waals surface area contributed by atoms with Crippen molar-refractivity contribution < 1.29 is 14.7 Å². The number of thiazole rings is 1. The maximum atomic E-state index is 12.4. The van der Waals surface area contributed by atoms with Crippen LogP contribution in [0.25, 0.3) is 17.7 Å². The van der Waals surface area contributed by atoms with Crippen LogP contribution in [-0.2, 0) is 4.79 Å². The number of carbonyl (C=O) groups is 2. The molecule has 0 saturated carbocycles. The van der Waals surface area contributed by atoms with Crippen molar-refractivity contribution in [3.63, 3.8) is 0 Å². The molecular formula is C21H15N3O3S2. The summed E-state index contributed by atoms with van der Waals surface area (Å²) in [6.45, 7) is 0. The van der Waals surface area contributed by atoms with Gasteiger partial charge < -0.3 is 10.4 Å². The van der Waals surface area contributed by atoms with Crippen LogP contribution in [0.4, 0.5) is 10.5 Å². The van der Waals surface area contributed by atoms with Gasteiger partial charge in [-0.05, 0) is 47.6 Å². The SMILES string of the molecule is O=C(Nc1ccccc1)Nn1c(O)c(/C=C2\C(=O)C=Cc3ccccc32)sc1=S.